The van der Waals surface area contributed by atoms with Crippen LogP contribution in [0.3, 0.4) is 0 Å². The van der Waals surface area contributed by atoms with Crippen LogP contribution in [-0.4, -0.2) is 34.2 Å². The minimum atomic E-state index is -3.51. The van der Waals surface area contributed by atoms with E-state index in [1.807, 2.05) is 55.5 Å². The lowest BCUT2D eigenvalue weighted by molar-refractivity contribution is -0.121. The van der Waals surface area contributed by atoms with Gasteiger partial charge >= 0.3 is 0 Å². The molecule has 33 heavy (non-hydrogen) atoms. The van der Waals surface area contributed by atoms with Crippen LogP contribution in [0.1, 0.15) is 35.6 Å². The van der Waals surface area contributed by atoms with Gasteiger partial charge in [0.2, 0.25) is 15.9 Å². The van der Waals surface area contributed by atoms with Gasteiger partial charge in [0.15, 0.2) is 0 Å². The minimum absolute atomic E-state index is 0.135. The molecule has 3 aromatic rings. The summed E-state index contributed by atoms with van der Waals surface area (Å²) in [4.78, 5) is 12.9. The summed E-state index contributed by atoms with van der Waals surface area (Å²) < 4.78 is 31.3. The van der Waals surface area contributed by atoms with Gasteiger partial charge in [-0.2, -0.15) is 0 Å². The molecular formula is C26H30N2O4S. The van der Waals surface area contributed by atoms with Crippen LogP contribution >= 0.6 is 0 Å². The van der Waals surface area contributed by atoms with E-state index in [1.54, 1.807) is 24.3 Å². The van der Waals surface area contributed by atoms with E-state index < -0.39 is 10.0 Å². The quantitative estimate of drug-likeness (QED) is 0.479. The van der Waals surface area contributed by atoms with Gasteiger partial charge in [-0.1, -0.05) is 66.2 Å². The third-order valence-corrected chi connectivity index (χ3v) is 6.51. The molecule has 1 atom stereocenters. The molecule has 0 unspecified atom stereocenters. The maximum atomic E-state index is 12.9. The summed E-state index contributed by atoms with van der Waals surface area (Å²) in [6, 6.07) is 24.5. The lowest BCUT2D eigenvalue weighted by Gasteiger charge is -2.23. The summed E-state index contributed by atoms with van der Waals surface area (Å²) in [5.41, 5.74) is 3.62. The zero-order valence-corrected chi connectivity index (χ0v) is 20.0. The van der Waals surface area contributed by atoms with Crippen LogP contribution in [0.2, 0.25) is 0 Å². The number of carbonyl (C=O) groups excluding carboxylic acids is 1. The van der Waals surface area contributed by atoms with E-state index in [9.17, 15) is 13.2 Å². The Morgan fingerprint density at radius 3 is 2.33 bits per heavy atom. The average Bonchev–Trinajstić information content (AvgIpc) is 2.80. The van der Waals surface area contributed by atoms with Crippen LogP contribution in [0.5, 0.6) is 5.75 Å². The number of aryl methyl sites for hydroxylation is 1. The number of nitrogens with one attached hydrogen (secondary N) is 1. The predicted octanol–water partition coefficient (Wildman–Crippen LogP) is 4.46. The molecule has 0 aliphatic carbocycles. The molecule has 0 aromatic heterocycles. The second-order valence-electron chi connectivity index (χ2n) is 7.97. The maximum Gasteiger partial charge on any atom is 0.232 e. The van der Waals surface area contributed by atoms with Crippen LogP contribution < -0.4 is 14.4 Å². The number of ether oxygens (including phenoxy) is 1. The molecule has 1 amide bonds. The second kappa shape index (κ2) is 11.0. The first-order valence-electron chi connectivity index (χ1n) is 10.8. The summed E-state index contributed by atoms with van der Waals surface area (Å²) in [6.45, 7) is 2.21. The number of methoxy groups -OCH3 is 1. The minimum Gasteiger partial charge on any atom is -0.497 e. The molecule has 0 fully saturated rings. The highest BCUT2D eigenvalue weighted by atomic mass is 32.2. The normalized spacial score (nSPS) is 12.1. The largest absolute Gasteiger partial charge is 0.497 e. The van der Waals surface area contributed by atoms with Crippen molar-refractivity contribution in [3.63, 3.8) is 0 Å². The zero-order chi connectivity index (χ0) is 23.8. The Hall–Kier alpha value is -3.32. The van der Waals surface area contributed by atoms with Crippen LogP contribution in [0.25, 0.3) is 0 Å². The molecule has 3 aromatic carbocycles. The summed E-state index contributed by atoms with van der Waals surface area (Å²) in [7, 11) is -1.98. The number of hydrogen-bond acceptors (Lipinski definition) is 4. The maximum absolute atomic E-state index is 12.9. The molecular weight excluding hydrogens is 436 g/mol. The molecule has 0 saturated carbocycles. The highest BCUT2D eigenvalue weighted by Gasteiger charge is 2.20. The Balaban J connectivity index is 1.70. The van der Waals surface area contributed by atoms with Crippen molar-refractivity contribution in [2.45, 2.75) is 25.8 Å². The molecule has 6 nitrogen and oxygen atoms in total. The number of hydrogen-bond donors (Lipinski definition) is 1. The fraction of sp³-hybridized carbons (Fsp3) is 0.269. The first-order valence-corrected chi connectivity index (χ1v) is 12.7. The van der Waals surface area contributed by atoms with E-state index in [1.165, 1.54) is 11.4 Å². The number of carbonyl (C=O) groups is 1. The molecule has 174 valence electrons. The summed E-state index contributed by atoms with van der Waals surface area (Å²) in [6.07, 6.45) is 1.74. The van der Waals surface area contributed by atoms with Crippen LogP contribution in [0, 0.1) is 6.92 Å². The van der Waals surface area contributed by atoms with Crippen LogP contribution in [0.15, 0.2) is 78.9 Å². The van der Waals surface area contributed by atoms with Crippen molar-refractivity contribution < 1.29 is 17.9 Å². The first kappa shape index (κ1) is 24.3. The molecule has 0 spiro atoms. The molecule has 0 radical (unpaired) electrons. The Bertz CT molecular complexity index is 1180. The number of rotatable bonds is 10. The van der Waals surface area contributed by atoms with Gasteiger partial charge in [0.05, 0.1) is 25.1 Å². The number of amides is 1. The lowest BCUT2D eigenvalue weighted by Crippen LogP contribution is -2.33. The van der Waals surface area contributed by atoms with E-state index in [-0.39, 0.29) is 24.9 Å². The third kappa shape index (κ3) is 6.83. The lowest BCUT2D eigenvalue weighted by atomic mass is 9.97. The van der Waals surface area contributed by atoms with Crippen molar-refractivity contribution in [2.24, 2.45) is 0 Å². The Kier molecular flexibility index (Phi) is 8.11. The van der Waals surface area contributed by atoms with Gasteiger partial charge in [-0.15, -0.1) is 0 Å². The number of sulfonamides is 1. The van der Waals surface area contributed by atoms with Gasteiger partial charge in [-0.3, -0.25) is 9.10 Å². The highest BCUT2D eigenvalue weighted by Crippen LogP contribution is 2.25. The van der Waals surface area contributed by atoms with Crippen LogP contribution in [0.4, 0.5) is 5.69 Å². The number of nitrogens with zero attached hydrogens (tertiary/aromatic N) is 1. The van der Waals surface area contributed by atoms with Crippen molar-refractivity contribution >= 4 is 21.6 Å². The average molecular weight is 467 g/mol. The Labute approximate surface area is 196 Å². The smallest absolute Gasteiger partial charge is 0.232 e. The zero-order valence-electron chi connectivity index (χ0n) is 19.2. The molecule has 0 aliphatic rings. The third-order valence-electron chi connectivity index (χ3n) is 5.32. The summed E-state index contributed by atoms with van der Waals surface area (Å²) in [5.74, 6) is 0.437. The molecule has 7 heteroatoms. The van der Waals surface area contributed by atoms with Gasteiger partial charge in [0.25, 0.3) is 0 Å². The standard InChI is InChI=1S/C26H30N2O4S/c1-20-10-7-13-22(18-20)26(21-11-5-4-6-12-21)27-25(29)16-9-17-28(33(3,30)31)23-14-8-15-24(19-23)32-2/h4-8,10-15,18-19,26H,9,16-17H2,1-3H3,(H,27,29)/t26-/m1/s1. The number of benzene rings is 3. The predicted molar refractivity (Wildman–Crippen MR) is 132 cm³/mol. The van der Waals surface area contributed by atoms with Gasteiger partial charge < -0.3 is 10.1 Å². The highest BCUT2D eigenvalue weighted by molar-refractivity contribution is 7.92. The van der Waals surface area contributed by atoms with E-state index in [4.69, 9.17) is 4.74 Å². The SMILES string of the molecule is COc1cccc(N(CCCC(=O)N[C@H](c2ccccc2)c2cccc(C)c2)S(C)(=O)=O)c1. The number of anilines is 1. The summed E-state index contributed by atoms with van der Waals surface area (Å²) in [5, 5.41) is 3.12. The van der Waals surface area contributed by atoms with Crippen molar-refractivity contribution in [3.8, 4) is 5.75 Å². The molecule has 0 heterocycles. The molecule has 0 aliphatic heterocycles. The van der Waals surface area contributed by atoms with E-state index in [2.05, 4.69) is 11.4 Å². The monoisotopic (exact) mass is 466 g/mol. The van der Waals surface area contributed by atoms with Crippen molar-refractivity contribution in [2.75, 3.05) is 24.2 Å². The van der Waals surface area contributed by atoms with E-state index in [0.29, 0.717) is 17.9 Å². The van der Waals surface area contributed by atoms with Crippen molar-refractivity contribution in [3.05, 3.63) is 95.6 Å². The van der Waals surface area contributed by atoms with Crippen molar-refractivity contribution in [1.29, 1.82) is 0 Å². The Morgan fingerprint density at radius 1 is 0.970 bits per heavy atom. The second-order valence-corrected chi connectivity index (χ2v) is 9.87. The van der Waals surface area contributed by atoms with Crippen molar-refractivity contribution in [1.82, 2.24) is 5.32 Å². The molecule has 1 N–H and O–H groups in total. The summed E-state index contributed by atoms with van der Waals surface area (Å²) >= 11 is 0. The first-order chi connectivity index (χ1) is 15.8. The molecule has 0 saturated heterocycles. The fourth-order valence-electron chi connectivity index (χ4n) is 3.72. The molecule has 0 bridgehead atoms. The van der Waals surface area contributed by atoms with Crippen LogP contribution in [-0.2, 0) is 14.8 Å². The van der Waals surface area contributed by atoms with Gasteiger partial charge in [-0.25, -0.2) is 8.42 Å². The van der Waals surface area contributed by atoms with Gasteiger partial charge in [-0.05, 0) is 36.6 Å². The van der Waals surface area contributed by atoms with E-state index in [0.717, 1.165) is 22.9 Å². The topological polar surface area (TPSA) is 75.7 Å². The van der Waals surface area contributed by atoms with Gasteiger partial charge in [0, 0.05) is 19.0 Å². The van der Waals surface area contributed by atoms with E-state index >= 15 is 0 Å². The molecule has 3 rings (SSSR count). The van der Waals surface area contributed by atoms with Gasteiger partial charge in [0.1, 0.15) is 5.75 Å². The Morgan fingerprint density at radius 2 is 1.67 bits per heavy atom. The fourth-order valence-corrected chi connectivity index (χ4v) is 4.68.